The van der Waals surface area contributed by atoms with Crippen LogP contribution < -0.4 is 16.0 Å². The third-order valence-electron chi connectivity index (χ3n) is 6.92. The van der Waals surface area contributed by atoms with E-state index in [4.69, 9.17) is 10.8 Å². The highest BCUT2D eigenvalue weighted by molar-refractivity contribution is 5.98. The SMILES string of the molecule is Cc1ccc(-c2nn(C(C)(C)CNC(=O)c3ccc(N4CCCCC4)cc3)c3ncnc(N)c23)cc1. The highest BCUT2D eigenvalue weighted by Gasteiger charge is 2.28. The molecule has 0 atom stereocenters. The Balaban J connectivity index is 1.37. The van der Waals surface area contributed by atoms with Gasteiger partial charge in [-0.15, -0.1) is 0 Å². The number of rotatable bonds is 6. The van der Waals surface area contributed by atoms with E-state index in [9.17, 15) is 4.79 Å². The summed E-state index contributed by atoms with van der Waals surface area (Å²) in [6.07, 6.45) is 5.19. The second-order valence-corrected chi connectivity index (χ2v) is 10.2. The quantitative estimate of drug-likeness (QED) is 0.417. The Bertz CT molecular complexity index is 1370. The highest BCUT2D eigenvalue weighted by atomic mass is 16.1. The van der Waals surface area contributed by atoms with Gasteiger partial charge in [0.1, 0.15) is 17.8 Å². The number of carbonyl (C=O) groups excluding carboxylic acids is 1. The Hall–Kier alpha value is -3.94. The maximum absolute atomic E-state index is 13.0. The molecule has 1 saturated heterocycles. The molecule has 3 heterocycles. The zero-order valence-electron chi connectivity index (χ0n) is 21.2. The van der Waals surface area contributed by atoms with Crippen molar-refractivity contribution in [3.8, 4) is 11.3 Å². The summed E-state index contributed by atoms with van der Waals surface area (Å²) in [5.41, 5.74) is 11.0. The zero-order chi connectivity index (χ0) is 25.3. The van der Waals surface area contributed by atoms with Crippen LogP contribution in [-0.2, 0) is 5.54 Å². The van der Waals surface area contributed by atoms with Crippen molar-refractivity contribution in [2.75, 3.05) is 30.3 Å². The van der Waals surface area contributed by atoms with Gasteiger partial charge in [0.05, 0.1) is 10.9 Å². The maximum atomic E-state index is 13.0. The van der Waals surface area contributed by atoms with Gasteiger partial charge in [0, 0.05) is 36.4 Å². The molecule has 1 amide bonds. The van der Waals surface area contributed by atoms with Crippen molar-refractivity contribution >= 4 is 28.4 Å². The van der Waals surface area contributed by atoms with E-state index >= 15 is 0 Å². The van der Waals surface area contributed by atoms with Crippen LogP contribution in [0.15, 0.2) is 54.9 Å². The predicted octanol–water partition coefficient (Wildman–Crippen LogP) is 4.54. The average molecular weight is 484 g/mol. The van der Waals surface area contributed by atoms with Gasteiger partial charge in [-0.3, -0.25) is 4.79 Å². The summed E-state index contributed by atoms with van der Waals surface area (Å²) < 4.78 is 1.84. The number of amides is 1. The van der Waals surface area contributed by atoms with E-state index in [1.54, 1.807) is 0 Å². The van der Waals surface area contributed by atoms with Gasteiger partial charge in [-0.2, -0.15) is 5.10 Å². The van der Waals surface area contributed by atoms with Gasteiger partial charge < -0.3 is 16.0 Å². The monoisotopic (exact) mass is 483 g/mol. The molecule has 4 aromatic rings. The predicted molar refractivity (Wildman–Crippen MR) is 144 cm³/mol. The molecule has 0 aliphatic carbocycles. The van der Waals surface area contributed by atoms with Gasteiger partial charge in [0.2, 0.25) is 0 Å². The molecule has 1 fully saturated rings. The van der Waals surface area contributed by atoms with Crippen molar-refractivity contribution in [1.82, 2.24) is 25.1 Å². The Kier molecular flexibility index (Phi) is 6.35. The Morgan fingerprint density at radius 2 is 1.69 bits per heavy atom. The number of piperidine rings is 1. The summed E-state index contributed by atoms with van der Waals surface area (Å²) in [7, 11) is 0. The number of nitrogen functional groups attached to an aromatic ring is 1. The number of carbonyl (C=O) groups is 1. The number of aromatic nitrogens is 4. The molecule has 1 aliphatic heterocycles. The van der Waals surface area contributed by atoms with Gasteiger partial charge in [-0.05, 0) is 64.3 Å². The lowest BCUT2D eigenvalue weighted by molar-refractivity contribution is 0.0936. The first-order valence-corrected chi connectivity index (χ1v) is 12.5. The molecule has 0 unspecified atom stereocenters. The molecule has 36 heavy (non-hydrogen) atoms. The number of nitrogens with two attached hydrogens (primary N) is 1. The largest absolute Gasteiger partial charge is 0.383 e. The molecule has 186 valence electrons. The molecular weight excluding hydrogens is 450 g/mol. The highest BCUT2D eigenvalue weighted by Crippen LogP contribution is 2.33. The lowest BCUT2D eigenvalue weighted by atomic mass is 10.1. The lowest BCUT2D eigenvalue weighted by Gasteiger charge is -2.29. The van der Waals surface area contributed by atoms with Gasteiger partial charge in [0.15, 0.2) is 5.65 Å². The van der Waals surface area contributed by atoms with Crippen molar-refractivity contribution in [2.24, 2.45) is 0 Å². The Labute approximate surface area is 211 Å². The fourth-order valence-corrected chi connectivity index (χ4v) is 4.76. The van der Waals surface area contributed by atoms with E-state index in [2.05, 4.69) is 20.2 Å². The van der Waals surface area contributed by atoms with E-state index in [1.165, 1.54) is 36.8 Å². The second-order valence-electron chi connectivity index (χ2n) is 10.2. The molecular formula is C28H33N7O. The molecule has 1 aliphatic rings. The molecule has 0 spiro atoms. The van der Waals surface area contributed by atoms with Crippen LogP contribution in [0, 0.1) is 6.92 Å². The van der Waals surface area contributed by atoms with Crippen molar-refractivity contribution < 1.29 is 4.79 Å². The number of anilines is 2. The molecule has 0 radical (unpaired) electrons. The normalized spacial score (nSPS) is 14.2. The summed E-state index contributed by atoms with van der Waals surface area (Å²) in [6.45, 7) is 8.62. The van der Waals surface area contributed by atoms with Crippen LogP contribution in [-0.4, -0.2) is 45.3 Å². The van der Waals surface area contributed by atoms with Crippen LogP contribution in [0.4, 0.5) is 11.5 Å². The summed E-state index contributed by atoms with van der Waals surface area (Å²) in [4.78, 5) is 24.1. The standard InChI is InChI=1S/C28H33N7O/c1-19-7-9-20(10-8-19)24-23-25(29)31-18-32-26(23)35(33-24)28(2,3)17-30-27(36)21-11-13-22(14-12-21)34-15-5-4-6-16-34/h7-14,18H,4-6,15-17H2,1-3H3,(H,30,36)(H2,29,31,32). The smallest absolute Gasteiger partial charge is 0.251 e. The molecule has 5 rings (SSSR count). The van der Waals surface area contributed by atoms with Gasteiger partial charge >= 0.3 is 0 Å². The van der Waals surface area contributed by atoms with Crippen LogP contribution in [0.1, 0.15) is 49.0 Å². The fourth-order valence-electron chi connectivity index (χ4n) is 4.76. The van der Waals surface area contributed by atoms with Crippen LogP contribution in [0.25, 0.3) is 22.3 Å². The molecule has 3 N–H and O–H groups in total. The lowest BCUT2D eigenvalue weighted by Crippen LogP contribution is -2.41. The Morgan fingerprint density at radius 3 is 2.39 bits per heavy atom. The van der Waals surface area contributed by atoms with Crippen molar-refractivity contribution in [3.05, 3.63) is 66.0 Å². The van der Waals surface area contributed by atoms with Crippen molar-refractivity contribution in [3.63, 3.8) is 0 Å². The van der Waals surface area contributed by atoms with Gasteiger partial charge in [-0.25, -0.2) is 14.6 Å². The number of fused-ring (bicyclic) bond motifs is 1. The summed E-state index contributed by atoms with van der Waals surface area (Å²) in [6, 6.07) is 16.0. The minimum Gasteiger partial charge on any atom is -0.383 e. The van der Waals surface area contributed by atoms with Crippen LogP contribution in [0.2, 0.25) is 0 Å². The molecule has 8 heteroatoms. The number of hydrogen-bond donors (Lipinski definition) is 2. The summed E-state index contributed by atoms with van der Waals surface area (Å²) in [5, 5.41) is 8.71. The first-order valence-electron chi connectivity index (χ1n) is 12.5. The summed E-state index contributed by atoms with van der Waals surface area (Å²) >= 11 is 0. The van der Waals surface area contributed by atoms with E-state index in [0.29, 0.717) is 29.0 Å². The molecule has 2 aromatic heterocycles. The number of hydrogen-bond acceptors (Lipinski definition) is 6. The zero-order valence-corrected chi connectivity index (χ0v) is 21.2. The van der Waals surface area contributed by atoms with E-state index in [-0.39, 0.29) is 5.91 Å². The van der Waals surface area contributed by atoms with Crippen LogP contribution >= 0.6 is 0 Å². The van der Waals surface area contributed by atoms with Crippen molar-refractivity contribution in [1.29, 1.82) is 0 Å². The van der Waals surface area contributed by atoms with E-state index in [0.717, 1.165) is 24.3 Å². The van der Waals surface area contributed by atoms with Crippen LogP contribution in [0.3, 0.4) is 0 Å². The molecule has 0 saturated carbocycles. The number of nitrogens with one attached hydrogen (secondary N) is 1. The Morgan fingerprint density at radius 1 is 1.00 bits per heavy atom. The van der Waals surface area contributed by atoms with Crippen molar-refractivity contribution in [2.45, 2.75) is 45.6 Å². The molecule has 0 bridgehead atoms. The third kappa shape index (κ3) is 4.63. The average Bonchev–Trinajstić information content (AvgIpc) is 3.30. The third-order valence-corrected chi connectivity index (χ3v) is 6.92. The van der Waals surface area contributed by atoms with E-state index in [1.807, 2.05) is 74.0 Å². The first-order chi connectivity index (χ1) is 17.3. The minimum absolute atomic E-state index is 0.113. The number of benzene rings is 2. The number of aryl methyl sites for hydroxylation is 1. The van der Waals surface area contributed by atoms with Crippen LogP contribution in [0.5, 0.6) is 0 Å². The topological polar surface area (TPSA) is 102 Å². The maximum Gasteiger partial charge on any atom is 0.251 e. The van der Waals surface area contributed by atoms with Gasteiger partial charge in [0.25, 0.3) is 5.91 Å². The van der Waals surface area contributed by atoms with Gasteiger partial charge in [-0.1, -0.05) is 29.8 Å². The fraction of sp³-hybridized carbons (Fsp3) is 0.357. The molecule has 8 nitrogen and oxygen atoms in total. The first kappa shape index (κ1) is 23.8. The number of nitrogens with zero attached hydrogens (tertiary/aromatic N) is 5. The summed E-state index contributed by atoms with van der Waals surface area (Å²) in [5.74, 6) is 0.271. The van der Waals surface area contributed by atoms with E-state index < -0.39 is 5.54 Å². The minimum atomic E-state index is -0.564. The molecule has 2 aromatic carbocycles. The second kappa shape index (κ2) is 9.60.